The van der Waals surface area contributed by atoms with Crippen molar-refractivity contribution in [3.05, 3.63) is 65.6 Å². The van der Waals surface area contributed by atoms with E-state index in [1.54, 1.807) is 11.1 Å². The average Bonchev–Trinajstić information content (AvgIpc) is 3.01. The normalized spacial score (nSPS) is 17.1. The first-order chi connectivity index (χ1) is 21.2. The van der Waals surface area contributed by atoms with Gasteiger partial charge in [0.1, 0.15) is 29.7 Å². The van der Waals surface area contributed by atoms with Gasteiger partial charge in [0.25, 0.3) is 5.91 Å². The Hall–Kier alpha value is -3.83. The predicted octanol–water partition coefficient (Wildman–Crippen LogP) is 4.86. The Balaban J connectivity index is 1.29. The van der Waals surface area contributed by atoms with E-state index in [9.17, 15) is 9.18 Å². The Morgan fingerprint density at radius 1 is 1.14 bits per heavy atom. The number of fused-ring (bicyclic) bond motifs is 1. The molecule has 1 atom stereocenters. The number of hydrogen-bond acceptors (Lipinski definition) is 9. The number of nitrogens with one attached hydrogen (secondary N) is 1. The zero-order chi connectivity index (χ0) is 31.2. The van der Waals surface area contributed by atoms with Gasteiger partial charge in [-0.05, 0) is 72.1 Å². The van der Waals surface area contributed by atoms with E-state index in [1.165, 1.54) is 30.1 Å². The van der Waals surface area contributed by atoms with Crippen molar-refractivity contribution in [2.24, 2.45) is 0 Å². The van der Waals surface area contributed by atoms with Crippen LogP contribution in [0.25, 0.3) is 0 Å². The smallest absolute Gasteiger partial charge is 0.257 e. The number of nitrogens with zero attached hydrogens (tertiary/aromatic N) is 6. The Kier molecular flexibility index (Phi) is 10.3. The molecule has 236 valence electrons. The molecule has 1 aromatic carbocycles. The maximum atomic E-state index is 14.3. The summed E-state index contributed by atoms with van der Waals surface area (Å²) >= 11 is 0. The first-order valence-corrected chi connectivity index (χ1v) is 15.6. The van der Waals surface area contributed by atoms with Crippen molar-refractivity contribution >= 4 is 11.7 Å². The molecular formula is C33H44FN7O3. The number of aromatic nitrogens is 3. The number of hydrogen-bond donors (Lipinski definition) is 1. The first-order valence-electron chi connectivity index (χ1n) is 15.6. The van der Waals surface area contributed by atoms with Crippen molar-refractivity contribution in [2.75, 3.05) is 51.7 Å². The maximum Gasteiger partial charge on any atom is 0.257 e. The van der Waals surface area contributed by atoms with Crippen LogP contribution in [-0.2, 0) is 6.42 Å². The van der Waals surface area contributed by atoms with Crippen LogP contribution >= 0.6 is 0 Å². The second-order valence-electron chi connectivity index (χ2n) is 12.0. The topological polar surface area (TPSA) is 96.0 Å². The van der Waals surface area contributed by atoms with Gasteiger partial charge >= 0.3 is 0 Å². The monoisotopic (exact) mass is 605 g/mol. The van der Waals surface area contributed by atoms with Crippen LogP contribution in [-0.4, -0.2) is 89.6 Å². The van der Waals surface area contributed by atoms with Crippen LogP contribution in [0.15, 0.2) is 43.0 Å². The Labute approximate surface area is 259 Å². The van der Waals surface area contributed by atoms with Gasteiger partial charge in [-0.25, -0.2) is 14.4 Å². The Morgan fingerprint density at radius 3 is 2.66 bits per heavy atom. The van der Waals surface area contributed by atoms with Gasteiger partial charge in [-0.15, -0.1) is 0 Å². The molecule has 2 aromatic heterocycles. The third-order valence-corrected chi connectivity index (χ3v) is 8.31. The third-order valence-electron chi connectivity index (χ3n) is 8.31. The van der Waals surface area contributed by atoms with Gasteiger partial charge in [-0.1, -0.05) is 0 Å². The predicted molar refractivity (Wildman–Crippen MR) is 168 cm³/mol. The Morgan fingerprint density at radius 2 is 1.93 bits per heavy atom. The molecule has 0 spiro atoms. The zero-order valence-corrected chi connectivity index (χ0v) is 26.4. The molecule has 0 radical (unpaired) electrons. The molecule has 3 aromatic rings. The SMILES string of the molecule is CCN(C(=O)c1cc(F)ccc1Oc1cncnc1N1CCC(Oc2ccnc3c2C(CCN(C)C)NCC3)CC1)C(C)C. The van der Waals surface area contributed by atoms with E-state index < -0.39 is 5.82 Å². The maximum absolute atomic E-state index is 14.3. The lowest BCUT2D eigenvalue weighted by atomic mass is 9.95. The molecule has 0 bridgehead atoms. The van der Waals surface area contributed by atoms with E-state index in [-0.39, 0.29) is 35.4 Å². The van der Waals surface area contributed by atoms with Crippen molar-refractivity contribution in [3.8, 4) is 17.2 Å². The summed E-state index contributed by atoms with van der Waals surface area (Å²) < 4.78 is 27.2. The molecule has 0 saturated carbocycles. The molecule has 1 saturated heterocycles. The summed E-state index contributed by atoms with van der Waals surface area (Å²) in [4.78, 5) is 32.8. The highest BCUT2D eigenvalue weighted by Crippen LogP contribution is 2.36. The highest BCUT2D eigenvalue weighted by molar-refractivity contribution is 5.97. The van der Waals surface area contributed by atoms with E-state index in [1.807, 2.05) is 33.0 Å². The molecule has 1 fully saturated rings. The number of anilines is 1. The molecule has 1 amide bonds. The first kappa shape index (κ1) is 31.6. The summed E-state index contributed by atoms with van der Waals surface area (Å²) in [5, 5.41) is 3.66. The van der Waals surface area contributed by atoms with Gasteiger partial charge in [-0.3, -0.25) is 9.78 Å². The fraction of sp³-hybridized carbons (Fsp3) is 0.515. The lowest BCUT2D eigenvalue weighted by Gasteiger charge is -2.35. The quantitative estimate of drug-likeness (QED) is 0.329. The summed E-state index contributed by atoms with van der Waals surface area (Å²) in [6, 6.07) is 6.19. The van der Waals surface area contributed by atoms with Gasteiger partial charge in [0.2, 0.25) is 0 Å². The molecule has 11 heteroatoms. The van der Waals surface area contributed by atoms with E-state index >= 15 is 0 Å². The van der Waals surface area contributed by atoms with E-state index in [0.29, 0.717) is 31.2 Å². The van der Waals surface area contributed by atoms with Crippen molar-refractivity contribution < 1.29 is 18.7 Å². The number of pyridine rings is 1. The van der Waals surface area contributed by atoms with Crippen molar-refractivity contribution in [1.29, 1.82) is 0 Å². The molecule has 44 heavy (non-hydrogen) atoms. The van der Waals surface area contributed by atoms with Gasteiger partial charge in [0.05, 0.1) is 17.5 Å². The summed E-state index contributed by atoms with van der Waals surface area (Å²) in [6.45, 7) is 9.58. The van der Waals surface area contributed by atoms with Gasteiger partial charge in [0.15, 0.2) is 11.6 Å². The van der Waals surface area contributed by atoms with E-state index in [4.69, 9.17) is 9.47 Å². The number of piperidine rings is 1. The minimum Gasteiger partial charge on any atom is -0.490 e. The van der Waals surface area contributed by atoms with E-state index in [0.717, 1.165) is 50.2 Å². The van der Waals surface area contributed by atoms with Crippen LogP contribution in [0, 0.1) is 5.82 Å². The second kappa shape index (κ2) is 14.3. The molecule has 0 aliphatic carbocycles. The van der Waals surface area contributed by atoms with Crippen molar-refractivity contribution in [2.45, 2.75) is 64.6 Å². The Bertz CT molecular complexity index is 1430. The van der Waals surface area contributed by atoms with Crippen LogP contribution in [0.1, 0.15) is 67.7 Å². The second-order valence-corrected chi connectivity index (χ2v) is 12.0. The zero-order valence-electron chi connectivity index (χ0n) is 26.4. The number of rotatable bonds is 11. The minimum atomic E-state index is -0.498. The summed E-state index contributed by atoms with van der Waals surface area (Å²) in [7, 11) is 4.19. The molecule has 4 heterocycles. The third kappa shape index (κ3) is 7.27. The van der Waals surface area contributed by atoms with Crippen LogP contribution in [0.4, 0.5) is 10.2 Å². The number of halogens is 1. The molecule has 1 N–H and O–H groups in total. The van der Waals surface area contributed by atoms with Gasteiger partial charge in [-0.2, -0.15) is 0 Å². The average molecular weight is 606 g/mol. The van der Waals surface area contributed by atoms with Crippen LogP contribution in [0.2, 0.25) is 0 Å². The summed E-state index contributed by atoms with van der Waals surface area (Å²) in [5.74, 6) is 1.45. The highest BCUT2D eigenvalue weighted by atomic mass is 19.1. The molecule has 5 rings (SSSR count). The molecule has 2 aliphatic rings. The molecular weight excluding hydrogens is 561 g/mol. The van der Waals surface area contributed by atoms with Gasteiger partial charge < -0.3 is 29.5 Å². The number of carbonyl (C=O) groups is 1. The van der Waals surface area contributed by atoms with Crippen LogP contribution in [0.5, 0.6) is 17.2 Å². The number of ether oxygens (including phenoxy) is 2. The lowest BCUT2D eigenvalue weighted by molar-refractivity contribution is 0.0713. The summed E-state index contributed by atoms with van der Waals surface area (Å²) in [5.41, 5.74) is 2.49. The number of amides is 1. The van der Waals surface area contributed by atoms with Crippen molar-refractivity contribution in [1.82, 2.24) is 30.1 Å². The largest absolute Gasteiger partial charge is 0.490 e. The van der Waals surface area contributed by atoms with Crippen molar-refractivity contribution in [3.63, 3.8) is 0 Å². The van der Waals surface area contributed by atoms with E-state index in [2.05, 4.69) is 44.2 Å². The number of carbonyl (C=O) groups excluding carboxylic acids is 1. The minimum absolute atomic E-state index is 0.0411. The molecule has 10 nitrogen and oxygen atoms in total. The molecule has 1 unspecified atom stereocenters. The summed E-state index contributed by atoms with van der Waals surface area (Å²) in [6.07, 6.45) is 8.49. The highest BCUT2D eigenvalue weighted by Gasteiger charge is 2.29. The van der Waals surface area contributed by atoms with Crippen LogP contribution in [0.3, 0.4) is 0 Å². The lowest BCUT2D eigenvalue weighted by Crippen LogP contribution is -2.39. The van der Waals surface area contributed by atoms with Gasteiger partial charge in [0, 0.05) is 69.3 Å². The fourth-order valence-electron chi connectivity index (χ4n) is 6.03. The van der Waals surface area contributed by atoms with Crippen LogP contribution < -0.4 is 19.7 Å². The number of benzene rings is 1. The fourth-order valence-corrected chi connectivity index (χ4v) is 6.03. The standard InChI is InChI=1S/C33H44FN7O3/c1-6-41(22(2)3)33(42)25-19-23(34)7-8-28(25)44-30-20-35-21-38-32(30)40-17-11-24(12-18-40)43-29-10-15-37-26-9-14-36-27(31(26)29)13-16-39(4)5/h7-8,10,15,19-22,24,27,36H,6,9,11-14,16-18H2,1-5H3. The molecule has 2 aliphatic heterocycles.